The Labute approximate surface area is 171 Å². The van der Waals surface area contributed by atoms with Crippen molar-refractivity contribution >= 4 is 17.7 Å². The van der Waals surface area contributed by atoms with E-state index in [9.17, 15) is 24.6 Å². The molecule has 160 valence electrons. The minimum absolute atomic E-state index is 0.169. The van der Waals surface area contributed by atoms with Gasteiger partial charge in [0.15, 0.2) is 5.78 Å². The highest BCUT2D eigenvalue weighted by Gasteiger charge is 2.40. The van der Waals surface area contributed by atoms with Gasteiger partial charge in [0.2, 0.25) is 0 Å². The number of nitrogens with two attached hydrogens (primary N) is 1. The third kappa shape index (κ3) is 6.94. The van der Waals surface area contributed by atoms with E-state index < -0.39 is 35.9 Å². The summed E-state index contributed by atoms with van der Waals surface area (Å²) in [5, 5.41) is 22.1. The van der Waals surface area contributed by atoms with Gasteiger partial charge in [-0.2, -0.15) is 0 Å². The number of nitrogens with one attached hydrogen (secondary N) is 1. The van der Waals surface area contributed by atoms with Gasteiger partial charge in [-0.15, -0.1) is 0 Å². The van der Waals surface area contributed by atoms with Gasteiger partial charge in [0.1, 0.15) is 6.04 Å². The van der Waals surface area contributed by atoms with Crippen LogP contribution in [0.2, 0.25) is 0 Å². The number of rotatable bonds is 13. The number of carboxylic acids is 2. The van der Waals surface area contributed by atoms with Gasteiger partial charge in [-0.3, -0.25) is 19.7 Å². The Morgan fingerprint density at radius 2 is 1.69 bits per heavy atom. The molecule has 29 heavy (non-hydrogen) atoms. The van der Waals surface area contributed by atoms with E-state index in [-0.39, 0.29) is 5.78 Å². The molecule has 1 unspecified atom stereocenters. The standard InChI is InChI=1S/C22H32N2O5/c23-14-5-4-11-18(20(25)16-9-6-10-17(16)21(26)27)24-19(22(28)29)13-12-15-7-2-1-3-8-15/h1-3,7-8,16-19,24H,4-6,9-14,23H2,(H,26,27)(H,28,29)/t16?,17-,18+,19+/m1/s1. The second-order valence-corrected chi connectivity index (χ2v) is 7.80. The minimum Gasteiger partial charge on any atom is -0.481 e. The normalized spacial score (nSPS) is 20.9. The Hall–Kier alpha value is -2.25. The van der Waals surface area contributed by atoms with Crippen LogP contribution in [-0.2, 0) is 20.8 Å². The maximum absolute atomic E-state index is 13.1. The van der Waals surface area contributed by atoms with Crippen molar-refractivity contribution in [3.63, 3.8) is 0 Å². The number of Topliss-reactive ketones (excluding diaryl/α,β-unsaturated/α-hetero) is 1. The number of ketones is 1. The summed E-state index contributed by atoms with van der Waals surface area (Å²) in [5.74, 6) is -3.34. The zero-order valence-electron chi connectivity index (χ0n) is 16.8. The fourth-order valence-corrected chi connectivity index (χ4v) is 4.13. The molecule has 7 heteroatoms. The smallest absolute Gasteiger partial charge is 0.320 e. The monoisotopic (exact) mass is 404 g/mol. The predicted molar refractivity (Wildman–Crippen MR) is 109 cm³/mol. The van der Waals surface area contributed by atoms with Gasteiger partial charge in [0, 0.05) is 5.92 Å². The van der Waals surface area contributed by atoms with Crippen molar-refractivity contribution in [2.24, 2.45) is 17.6 Å². The molecular weight excluding hydrogens is 372 g/mol. The summed E-state index contributed by atoms with van der Waals surface area (Å²) in [5.41, 5.74) is 6.59. The van der Waals surface area contributed by atoms with E-state index in [4.69, 9.17) is 5.73 Å². The van der Waals surface area contributed by atoms with E-state index in [2.05, 4.69) is 5.32 Å². The molecule has 1 aliphatic rings. The number of carbonyl (C=O) groups is 3. The molecule has 0 amide bonds. The quantitative estimate of drug-likeness (QED) is 0.371. The number of aliphatic carboxylic acids is 2. The lowest BCUT2D eigenvalue weighted by atomic mass is 9.86. The average molecular weight is 405 g/mol. The van der Waals surface area contributed by atoms with Gasteiger partial charge < -0.3 is 15.9 Å². The Bertz CT molecular complexity index is 679. The first-order chi connectivity index (χ1) is 13.9. The SMILES string of the molecule is NCCCC[C@H](N[C@@H](CCc1ccccc1)C(=O)O)C(=O)C1CCC[C@H]1C(=O)O. The summed E-state index contributed by atoms with van der Waals surface area (Å²) in [6.07, 6.45) is 4.58. The molecule has 1 saturated carbocycles. The molecule has 1 aromatic rings. The number of hydrogen-bond acceptors (Lipinski definition) is 5. The van der Waals surface area contributed by atoms with E-state index in [1.807, 2.05) is 30.3 Å². The lowest BCUT2D eigenvalue weighted by molar-refractivity contribution is -0.146. The highest BCUT2D eigenvalue weighted by Crippen LogP contribution is 2.34. The van der Waals surface area contributed by atoms with Gasteiger partial charge >= 0.3 is 11.9 Å². The zero-order chi connectivity index (χ0) is 21.2. The number of carbonyl (C=O) groups excluding carboxylic acids is 1. The average Bonchev–Trinajstić information content (AvgIpc) is 3.20. The topological polar surface area (TPSA) is 130 Å². The van der Waals surface area contributed by atoms with Gasteiger partial charge in [0.05, 0.1) is 12.0 Å². The molecule has 0 aliphatic heterocycles. The molecule has 1 aliphatic carbocycles. The third-order valence-electron chi connectivity index (χ3n) is 5.75. The molecule has 0 saturated heterocycles. The predicted octanol–water partition coefficient (Wildman–Crippen LogP) is 2.23. The van der Waals surface area contributed by atoms with E-state index >= 15 is 0 Å². The first-order valence-electron chi connectivity index (χ1n) is 10.4. The molecule has 0 aromatic heterocycles. The van der Waals surface area contributed by atoms with E-state index in [1.54, 1.807) is 0 Å². The molecule has 1 aromatic carbocycles. The lowest BCUT2D eigenvalue weighted by Crippen LogP contribution is -2.50. The molecule has 7 nitrogen and oxygen atoms in total. The van der Waals surface area contributed by atoms with E-state index in [0.29, 0.717) is 51.5 Å². The largest absolute Gasteiger partial charge is 0.481 e. The summed E-state index contributed by atoms with van der Waals surface area (Å²) >= 11 is 0. The van der Waals surface area contributed by atoms with Crippen LogP contribution in [-0.4, -0.2) is 46.6 Å². The van der Waals surface area contributed by atoms with Crippen LogP contribution < -0.4 is 11.1 Å². The highest BCUT2D eigenvalue weighted by atomic mass is 16.4. The Balaban J connectivity index is 2.08. The third-order valence-corrected chi connectivity index (χ3v) is 5.75. The van der Waals surface area contributed by atoms with Crippen LogP contribution in [0.4, 0.5) is 0 Å². The fraction of sp³-hybridized carbons (Fsp3) is 0.591. The summed E-state index contributed by atoms with van der Waals surface area (Å²) in [7, 11) is 0. The Morgan fingerprint density at radius 3 is 2.31 bits per heavy atom. The van der Waals surface area contributed by atoms with E-state index in [1.165, 1.54) is 0 Å². The molecule has 0 radical (unpaired) electrons. The number of carboxylic acid groups (broad SMARTS) is 2. The molecular formula is C22H32N2O5. The molecule has 0 spiro atoms. The zero-order valence-corrected chi connectivity index (χ0v) is 16.8. The van der Waals surface area contributed by atoms with Crippen LogP contribution in [0.1, 0.15) is 50.5 Å². The molecule has 5 N–H and O–H groups in total. The maximum Gasteiger partial charge on any atom is 0.320 e. The number of benzene rings is 1. The molecule has 2 rings (SSSR count). The summed E-state index contributed by atoms with van der Waals surface area (Å²) in [4.78, 5) is 36.5. The second kappa shape index (κ2) is 11.7. The van der Waals surface area contributed by atoms with Gasteiger partial charge in [0.25, 0.3) is 0 Å². The fourth-order valence-electron chi connectivity index (χ4n) is 4.13. The van der Waals surface area contributed by atoms with Crippen molar-refractivity contribution in [3.8, 4) is 0 Å². The first kappa shape index (κ1) is 23.0. The summed E-state index contributed by atoms with van der Waals surface area (Å²) < 4.78 is 0. The van der Waals surface area contributed by atoms with Crippen molar-refractivity contribution in [2.75, 3.05) is 6.54 Å². The lowest BCUT2D eigenvalue weighted by Gasteiger charge is -2.26. The molecule has 4 atom stereocenters. The number of unbranched alkanes of at least 4 members (excludes halogenated alkanes) is 1. The maximum atomic E-state index is 13.1. The molecule has 0 bridgehead atoms. The Morgan fingerprint density at radius 1 is 1.00 bits per heavy atom. The van der Waals surface area contributed by atoms with Crippen LogP contribution in [0.5, 0.6) is 0 Å². The summed E-state index contributed by atoms with van der Waals surface area (Å²) in [6.45, 7) is 0.498. The van der Waals surface area contributed by atoms with Gasteiger partial charge in [-0.05, 0) is 50.6 Å². The molecule has 1 fully saturated rings. The summed E-state index contributed by atoms with van der Waals surface area (Å²) in [6, 6.07) is 8.07. The van der Waals surface area contributed by atoms with Crippen LogP contribution in [0.15, 0.2) is 30.3 Å². The van der Waals surface area contributed by atoms with Gasteiger partial charge in [-0.25, -0.2) is 0 Å². The number of hydrogen-bond donors (Lipinski definition) is 4. The van der Waals surface area contributed by atoms with Crippen LogP contribution in [0, 0.1) is 11.8 Å². The van der Waals surface area contributed by atoms with Crippen LogP contribution in [0.3, 0.4) is 0 Å². The van der Waals surface area contributed by atoms with Crippen molar-refractivity contribution in [3.05, 3.63) is 35.9 Å². The van der Waals surface area contributed by atoms with Crippen LogP contribution >= 0.6 is 0 Å². The number of aryl methyl sites for hydroxylation is 1. The van der Waals surface area contributed by atoms with Crippen molar-refractivity contribution in [2.45, 2.75) is 63.5 Å². The molecule has 0 heterocycles. The van der Waals surface area contributed by atoms with Crippen molar-refractivity contribution in [1.82, 2.24) is 5.32 Å². The van der Waals surface area contributed by atoms with Crippen molar-refractivity contribution in [1.29, 1.82) is 0 Å². The van der Waals surface area contributed by atoms with Crippen molar-refractivity contribution < 1.29 is 24.6 Å². The highest BCUT2D eigenvalue weighted by molar-refractivity contribution is 5.91. The van der Waals surface area contributed by atoms with E-state index in [0.717, 1.165) is 12.0 Å². The minimum atomic E-state index is -1.00. The first-order valence-corrected chi connectivity index (χ1v) is 10.4. The van der Waals surface area contributed by atoms with Crippen LogP contribution in [0.25, 0.3) is 0 Å². The van der Waals surface area contributed by atoms with Gasteiger partial charge in [-0.1, -0.05) is 43.2 Å². The second-order valence-electron chi connectivity index (χ2n) is 7.80. The Kier molecular flexibility index (Phi) is 9.28.